The summed E-state index contributed by atoms with van der Waals surface area (Å²) in [5, 5.41) is 17.8. The molecular formula is C22H19Cl2N5O2S3. The summed E-state index contributed by atoms with van der Waals surface area (Å²) in [6, 6.07) is 9.26. The first-order valence-corrected chi connectivity index (χ1v) is 14.0. The largest absolute Gasteiger partial charge is 0.376 e. The Morgan fingerprint density at radius 1 is 1.26 bits per heavy atom. The highest BCUT2D eigenvalue weighted by Crippen LogP contribution is 2.33. The van der Waals surface area contributed by atoms with Crippen LogP contribution in [0.15, 0.2) is 46.2 Å². The number of benzene rings is 1. The maximum absolute atomic E-state index is 12.6. The van der Waals surface area contributed by atoms with Crippen molar-refractivity contribution in [3.8, 4) is 22.0 Å². The molecule has 12 heteroatoms. The highest BCUT2D eigenvalue weighted by Gasteiger charge is 2.23. The van der Waals surface area contributed by atoms with Crippen molar-refractivity contribution < 1.29 is 9.53 Å². The van der Waals surface area contributed by atoms with Gasteiger partial charge in [0.05, 0.1) is 34.0 Å². The zero-order valence-electron chi connectivity index (χ0n) is 17.7. The number of ether oxygens (including phenoxy) is 1. The second-order valence-electron chi connectivity index (χ2n) is 7.53. The van der Waals surface area contributed by atoms with E-state index in [0.717, 1.165) is 35.7 Å². The molecule has 4 aromatic rings. The van der Waals surface area contributed by atoms with Crippen LogP contribution in [0.1, 0.15) is 12.8 Å². The van der Waals surface area contributed by atoms with Crippen LogP contribution in [0, 0.1) is 0 Å². The third kappa shape index (κ3) is 5.48. The molecule has 5 rings (SSSR count). The van der Waals surface area contributed by atoms with Gasteiger partial charge in [-0.1, -0.05) is 41.0 Å². The van der Waals surface area contributed by atoms with Crippen LogP contribution in [-0.2, 0) is 16.1 Å². The van der Waals surface area contributed by atoms with Crippen molar-refractivity contribution in [2.75, 3.05) is 17.7 Å². The second kappa shape index (κ2) is 10.8. The lowest BCUT2D eigenvalue weighted by atomic mass is 10.2. The summed E-state index contributed by atoms with van der Waals surface area (Å²) in [5.74, 6) is 0.820. The highest BCUT2D eigenvalue weighted by molar-refractivity contribution is 7.99. The van der Waals surface area contributed by atoms with Crippen LogP contribution in [0.3, 0.4) is 0 Å². The average Bonchev–Trinajstić information content (AvgIpc) is 3.61. The molecule has 1 aliphatic rings. The number of amides is 1. The van der Waals surface area contributed by atoms with Crippen molar-refractivity contribution in [2.45, 2.75) is 30.6 Å². The molecule has 176 valence electrons. The highest BCUT2D eigenvalue weighted by atomic mass is 35.5. The van der Waals surface area contributed by atoms with Crippen molar-refractivity contribution in [2.24, 2.45) is 0 Å². The molecule has 3 aromatic heterocycles. The topological polar surface area (TPSA) is 81.9 Å². The quantitative estimate of drug-likeness (QED) is 0.257. The van der Waals surface area contributed by atoms with E-state index < -0.39 is 0 Å². The number of thiophene rings is 1. The molecule has 7 nitrogen and oxygen atoms in total. The van der Waals surface area contributed by atoms with Gasteiger partial charge in [0.1, 0.15) is 0 Å². The molecule has 1 aliphatic heterocycles. The number of thiazole rings is 1. The number of aromatic nitrogens is 4. The summed E-state index contributed by atoms with van der Waals surface area (Å²) in [6.45, 7) is 1.45. The molecule has 0 bridgehead atoms. The van der Waals surface area contributed by atoms with Crippen molar-refractivity contribution >= 4 is 68.7 Å². The number of hydrogen-bond donors (Lipinski definition) is 1. The molecule has 1 aromatic carbocycles. The van der Waals surface area contributed by atoms with Gasteiger partial charge in [-0.25, -0.2) is 4.98 Å². The van der Waals surface area contributed by atoms with Gasteiger partial charge >= 0.3 is 0 Å². The Bertz CT molecular complexity index is 1290. The second-order valence-corrected chi connectivity index (χ2v) is 11.1. The number of thioether (sulfide) groups is 1. The van der Waals surface area contributed by atoms with E-state index in [4.69, 9.17) is 27.9 Å². The van der Waals surface area contributed by atoms with Crippen LogP contribution < -0.4 is 5.32 Å². The van der Waals surface area contributed by atoms with Crippen molar-refractivity contribution in [3.63, 3.8) is 0 Å². The molecule has 1 amide bonds. The van der Waals surface area contributed by atoms with E-state index >= 15 is 0 Å². The normalized spacial score (nSPS) is 15.6. The third-order valence-corrected chi connectivity index (χ3v) is 8.30. The van der Waals surface area contributed by atoms with Crippen molar-refractivity contribution in [3.05, 3.63) is 51.1 Å². The Balaban J connectivity index is 1.25. The van der Waals surface area contributed by atoms with Gasteiger partial charge < -0.3 is 10.1 Å². The number of carbonyl (C=O) groups is 1. The maximum Gasteiger partial charge on any atom is 0.236 e. The first-order valence-electron chi connectivity index (χ1n) is 10.5. The minimum absolute atomic E-state index is 0.135. The summed E-state index contributed by atoms with van der Waals surface area (Å²) in [4.78, 5) is 18.2. The molecule has 0 radical (unpaired) electrons. The van der Waals surface area contributed by atoms with Gasteiger partial charge in [0.25, 0.3) is 0 Å². The zero-order valence-corrected chi connectivity index (χ0v) is 21.7. The number of anilines is 1. The Kier molecular flexibility index (Phi) is 7.52. The monoisotopic (exact) mass is 551 g/mol. The standard InChI is InChI=1S/C22H19Cl2N5O2S3/c23-13-5-6-15(16(24)9-13)17-11-33-21(25-17)26-19(30)12-34-22-28-27-20(18-4-2-8-32-18)29(22)10-14-3-1-7-31-14/h2,4-6,8-9,11,14H,1,3,7,10,12H2,(H,25,26,30). The zero-order chi connectivity index (χ0) is 23.5. The fourth-order valence-corrected chi connectivity index (χ4v) is 6.27. The lowest BCUT2D eigenvalue weighted by Gasteiger charge is -2.14. The van der Waals surface area contributed by atoms with Crippen LogP contribution >= 0.6 is 57.6 Å². The van der Waals surface area contributed by atoms with Crippen LogP contribution in [0.2, 0.25) is 10.0 Å². The van der Waals surface area contributed by atoms with Gasteiger partial charge in [-0.3, -0.25) is 9.36 Å². The van der Waals surface area contributed by atoms with E-state index in [0.29, 0.717) is 32.6 Å². The minimum atomic E-state index is -0.169. The predicted octanol–water partition coefficient (Wildman–Crippen LogP) is 6.35. The summed E-state index contributed by atoms with van der Waals surface area (Å²) in [5.41, 5.74) is 1.45. The van der Waals surface area contributed by atoms with Gasteiger partial charge in [-0.2, -0.15) is 0 Å². The Labute approximate surface area is 218 Å². The SMILES string of the molecule is O=C(CSc1nnc(-c2cccs2)n1CC1CCCO1)Nc1nc(-c2ccc(Cl)cc2Cl)cs1. The van der Waals surface area contributed by atoms with E-state index in [1.807, 2.05) is 29.0 Å². The van der Waals surface area contributed by atoms with Crippen LogP contribution in [0.4, 0.5) is 5.13 Å². The molecule has 0 spiro atoms. The first-order chi connectivity index (χ1) is 16.6. The maximum atomic E-state index is 12.6. The summed E-state index contributed by atoms with van der Waals surface area (Å²) < 4.78 is 7.89. The lowest BCUT2D eigenvalue weighted by molar-refractivity contribution is -0.113. The van der Waals surface area contributed by atoms with Crippen molar-refractivity contribution in [1.82, 2.24) is 19.7 Å². The number of nitrogens with zero attached hydrogens (tertiary/aromatic N) is 4. The fraction of sp³-hybridized carbons (Fsp3) is 0.273. The fourth-order valence-electron chi connectivity index (χ4n) is 3.58. The predicted molar refractivity (Wildman–Crippen MR) is 139 cm³/mol. The van der Waals surface area contributed by atoms with E-state index in [-0.39, 0.29) is 17.8 Å². The van der Waals surface area contributed by atoms with Gasteiger partial charge in [-0.15, -0.1) is 32.9 Å². The smallest absolute Gasteiger partial charge is 0.236 e. The molecule has 34 heavy (non-hydrogen) atoms. The molecule has 0 saturated carbocycles. The van der Waals surface area contributed by atoms with Gasteiger partial charge in [0, 0.05) is 22.6 Å². The number of halogens is 2. The molecule has 0 aliphatic carbocycles. The molecule has 4 heterocycles. The number of rotatable bonds is 8. The lowest BCUT2D eigenvalue weighted by Crippen LogP contribution is -2.18. The first kappa shape index (κ1) is 23.8. The average molecular weight is 553 g/mol. The molecule has 1 N–H and O–H groups in total. The molecule has 1 fully saturated rings. The summed E-state index contributed by atoms with van der Waals surface area (Å²) >= 11 is 16.6. The number of nitrogens with one attached hydrogen (secondary N) is 1. The van der Waals surface area contributed by atoms with Crippen LogP contribution in [0.5, 0.6) is 0 Å². The van der Waals surface area contributed by atoms with Gasteiger partial charge in [-0.05, 0) is 42.5 Å². The number of hydrogen-bond acceptors (Lipinski definition) is 8. The molecule has 1 unspecified atom stereocenters. The van der Waals surface area contributed by atoms with Crippen molar-refractivity contribution in [1.29, 1.82) is 0 Å². The Hall–Kier alpha value is -1.95. The third-order valence-electron chi connectivity index (χ3n) is 5.16. The van der Waals surface area contributed by atoms with Crippen LogP contribution in [0.25, 0.3) is 22.0 Å². The van der Waals surface area contributed by atoms with Gasteiger partial charge in [0.15, 0.2) is 16.1 Å². The van der Waals surface area contributed by atoms with E-state index in [2.05, 4.69) is 25.1 Å². The Morgan fingerprint density at radius 3 is 2.94 bits per heavy atom. The summed E-state index contributed by atoms with van der Waals surface area (Å²) in [6.07, 6.45) is 2.20. The van der Waals surface area contributed by atoms with Crippen LogP contribution in [-0.4, -0.2) is 44.1 Å². The van der Waals surface area contributed by atoms with Gasteiger partial charge in [0.2, 0.25) is 5.91 Å². The molecule has 1 saturated heterocycles. The summed E-state index contributed by atoms with van der Waals surface area (Å²) in [7, 11) is 0. The molecular weight excluding hydrogens is 533 g/mol. The number of carbonyl (C=O) groups excluding carboxylic acids is 1. The van der Waals surface area contributed by atoms with E-state index in [1.54, 1.807) is 23.5 Å². The Morgan fingerprint density at radius 2 is 2.18 bits per heavy atom. The van der Waals surface area contributed by atoms with E-state index in [1.165, 1.54) is 23.1 Å². The minimum Gasteiger partial charge on any atom is -0.376 e. The molecule has 1 atom stereocenters. The van der Waals surface area contributed by atoms with E-state index in [9.17, 15) is 4.79 Å².